The molecule has 1 N–H and O–H groups in total. The highest BCUT2D eigenvalue weighted by atomic mass is 79.9. The van der Waals surface area contributed by atoms with Crippen LogP contribution < -0.4 is 10.1 Å². The first kappa shape index (κ1) is 15.0. The van der Waals surface area contributed by atoms with Gasteiger partial charge in [0.15, 0.2) is 0 Å². The van der Waals surface area contributed by atoms with E-state index in [0.29, 0.717) is 0 Å². The summed E-state index contributed by atoms with van der Waals surface area (Å²) in [7, 11) is 1.71. The lowest BCUT2D eigenvalue weighted by Gasteiger charge is -2.20. The Morgan fingerprint density at radius 2 is 2.11 bits per heavy atom. The van der Waals surface area contributed by atoms with Crippen molar-refractivity contribution in [2.45, 2.75) is 13.0 Å². The van der Waals surface area contributed by atoms with Gasteiger partial charge < -0.3 is 10.1 Å². The van der Waals surface area contributed by atoms with Crippen LogP contribution in [-0.2, 0) is 0 Å². The van der Waals surface area contributed by atoms with Gasteiger partial charge in [-0.05, 0) is 52.1 Å². The monoisotopic (exact) mass is 403 g/mol. The fourth-order valence-electron chi connectivity index (χ4n) is 1.99. The van der Waals surface area contributed by atoms with Crippen molar-refractivity contribution in [2.75, 3.05) is 13.7 Å². The van der Waals surface area contributed by atoms with Crippen LogP contribution >= 0.6 is 43.2 Å². The van der Waals surface area contributed by atoms with E-state index in [2.05, 4.69) is 61.6 Å². The Morgan fingerprint density at radius 1 is 1.32 bits per heavy atom. The van der Waals surface area contributed by atoms with Gasteiger partial charge in [-0.2, -0.15) is 0 Å². The molecule has 1 aromatic heterocycles. The number of thiophene rings is 1. The van der Waals surface area contributed by atoms with Gasteiger partial charge in [0.05, 0.1) is 13.2 Å². The fraction of sp³-hybridized carbons (Fsp3) is 0.286. The van der Waals surface area contributed by atoms with Gasteiger partial charge in [-0.25, -0.2) is 0 Å². The lowest BCUT2D eigenvalue weighted by molar-refractivity contribution is 0.404. The van der Waals surface area contributed by atoms with E-state index in [1.54, 1.807) is 18.4 Å². The van der Waals surface area contributed by atoms with Crippen molar-refractivity contribution < 1.29 is 4.74 Å². The van der Waals surface area contributed by atoms with Crippen LogP contribution in [0.5, 0.6) is 5.75 Å². The van der Waals surface area contributed by atoms with Gasteiger partial charge in [0.2, 0.25) is 0 Å². The number of nitrogens with one attached hydrogen (secondary N) is 1. The van der Waals surface area contributed by atoms with Crippen LogP contribution in [0.4, 0.5) is 0 Å². The van der Waals surface area contributed by atoms with Crippen LogP contribution in [0.3, 0.4) is 0 Å². The lowest BCUT2D eigenvalue weighted by Crippen LogP contribution is -2.22. The molecule has 0 aliphatic rings. The standard InChI is InChI=1S/C14H15Br2NOS/c1-3-17-13(14-11(16)6-7-19-14)10-8-9(15)4-5-12(10)18-2/h4-8,13,17H,3H2,1-2H3. The first-order valence-corrected chi connectivity index (χ1v) is 8.43. The molecule has 0 spiro atoms. The number of hydrogen-bond donors (Lipinski definition) is 1. The van der Waals surface area contributed by atoms with Crippen molar-refractivity contribution in [3.8, 4) is 5.75 Å². The minimum atomic E-state index is 0.131. The Balaban J connectivity index is 2.50. The highest BCUT2D eigenvalue weighted by molar-refractivity contribution is 9.10. The maximum absolute atomic E-state index is 5.49. The molecule has 102 valence electrons. The summed E-state index contributed by atoms with van der Waals surface area (Å²) in [5, 5.41) is 5.62. The zero-order valence-electron chi connectivity index (χ0n) is 10.7. The molecule has 0 saturated heterocycles. The van der Waals surface area contributed by atoms with Gasteiger partial charge in [-0.1, -0.05) is 22.9 Å². The second kappa shape index (κ2) is 6.88. The first-order valence-electron chi connectivity index (χ1n) is 5.97. The molecule has 2 nitrogen and oxygen atoms in total. The van der Waals surface area contributed by atoms with Crippen molar-refractivity contribution in [2.24, 2.45) is 0 Å². The first-order chi connectivity index (χ1) is 9.17. The van der Waals surface area contributed by atoms with Crippen LogP contribution in [0.25, 0.3) is 0 Å². The van der Waals surface area contributed by atoms with Crippen molar-refractivity contribution >= 4 is 43.2 Å². The van der Waals surface area contributed by atoms with E-state index in [0.717, 1.165) is 26.8 Å². The average Bonchev–Trinajstić information content (AvgIpc) is 2.82. The fourth-order valence-corrected chi connectivity index (χ4v) is 4.06. The molecule has 2 rings (SSSR count). The molecule has 5 heteroatoms. The molecule has 1 aromatic carbocycles. The lowest BCUT2D eigenvalue weighted by atomic mass is 10.0. The minimum absolute atomic E-state index is 0.131. The van der Waals surface area contributed by atoms with E-state index < -0.39 is 0 Å². The molecule has 19 heavy (non-hydrogen) atoms. The number of ether oxygens (including phenoxy) is 1. The van der Waals surface area contributed by atoms with Crippen molar-refractivity contribution in [1.29, 1.82) is 0 Å². The summed E-state index contributed by atoms with van der Waals surface area (Å²) in [6, 6.07) is 8.31. The van der Waals surface area contributed by atoms with E-state index in [4.69, 9.17) is 4.74 Å². The number of halogens is 2. The molecule has 0 aliphatic heterocycles. The predicted molar refractivity (Wildman–Crippen MR) is 88.2 cm³/mol. The van der Waals surface area contributed by atoms with E-state index >= 15 is 0 Å². The zero-order chi connectivity index (χ0) is 13.8. The Bertz CT molecular complexity index is 556. The van der Waals surface area contributed by atoms with Gasteiger partial charge in [-0.15, -0.1) is 11.3 Å². The second-order valence-electron chi connectivity index (χ2n) is 4.01. The molecular formula is C14H15Br2NOS. The normalized spacial score (nSPS) is 12.4. The van der Waals surface area contributed by atoms with E-state index in [-0.39, 0.29) is 6.04 Å². The van der Waals surface area contributed by atoms with Crippen LogP contribution in [0.15, 0.2) is 38.6 Å². The quantitative estimate of drug-likeness (QED) is 0.758. The summed E-state index contributed by atoms with van der Waals surface area (Å²) in [4.78, 5) is 1.26. The SMILES string of the molecule is CCNC(c1cc(Br)ccc1OC)c1sccc1Br. The third-order valence-corrected chi connectivity index (χ3v) is 5.25. The molecule has 0 amide bonds. The maximum Gasteiger partial charge on any atom is 0.124 e. The van der Waals surface area contributed by atoms with Crippen LogP contribution in [0.1, 0.15) is 23.4 Å². The highest BCUT2D eigenvalue weighted by Gasteiger charge is 2.21. The highest BCUT2D eigenvalue weighted by Crippen LogP contribution is 2.38. The summed E-state index contributed by atoms with van der Waals surface area (Å²) in [5.41, 5.74) is 1.14. The van der Waals surface area contributed by atoms with Gasteiger partial charge in [0.25, 0.3) is 0 Å². The van der Waals surface area contributed by atoms with E-state index in [1.165, 1.54) is 4.88 Å². The summed E-state index contributed by atoms with van der Waals surface area (Å²) < 4.78 is 7.68. The summed E-state index contributed by atoms with van der Waals surface area (Å²) in [5.74, 6) is 0.898. The Morgan fingerprint density at radius 3 is 2.68 bits per heavy atom. The molecule has 0 fully saturated rings. The molecule has 0 radical (unpaired) electrons. The molecule has 1 atom stereocenters. The van der Waals surface area contributed by atoms with Crippen LogP contribution in [0.2, 0.25) is 0 Å². The van der Waals surface area contributed by atoms with Crippen molar-refractivity contribution in [1.82, 2.24) is 5.32 Å². The average molecular weight is 405 g/mol. The van der Waals surface area contributed by atoms with E-state index in [9.17, 15) is 0 Å². The molecule has 0 bridgehead atoms. The van der Waals surface area contributed by atoms with Crippen molar-refractivity contribution in [3.05, 3.63) is 49.0 Å². The number of hydrogen-bond acceptors (Lipinski definition) is 3. The summed E-state index contributed by atoms with van der Waals surface area (Å²) >= 11 is 8.89. The van der Waals surface area contributed by atoms with Gasteiger partial charge in [0.1, 0.15) is 5.75 Å². The minimum Gasteiger partial charge on any atom is -0.496 e. The van der Waals surface area contributed by atoms with Gasteiger partial charge in [-0.3, -0.25) is 0 Å². The Labute approximate surface area is 134 Å². The van der Waals surface area contributed by atoms with Gasteiger partial charge >= 0.3 is 0 Å². The zero-order valence-corrected chi connectivity index (χ0v) is 14.7. The third-order valence-electron chi connectivity index (χ3n) is 2.82. The summed E-state index contributed by atoms with van der Waals surface area (Å²) in [6.07, 6.45) is 0. The van der Waals surface area contributed by atoms with Gasteiger partial charge in [0, 0.05) is 19.4 Å². The molecule has 2 aromatic rings. The van der Waals surface area contributed by atoms with Crippen LogP contribution in [0, 0.1) is 0 Å². The number of methoxy groups -OCH3 is 1. The third kappa shape index (κ3) is 3.40. The Hall–Kier alpha value is -0.360. The van der Waals surface area contributed by atoms with Crippen LogP contribution in [-0.4, -0.2) is 13.7 Å². The molecule has 1 heterocycles. The predicted octanol–water partition coefficient (Wildman–Crippen LogP) is 4.98. The number of benzene rings is 1. The smallest absolute Gasteiger partial charge is 0.124 e. The van der Waals surface area contributed by atoms with E-state index in [1.807, 2.05) is 12.1 Å². The number of rotatable bonds is 5. The molecule has 0 aliphatic carbocycles. The largest absolute Gasteiger partial charge is 0.496 e. The molecule has 1 unspecified atom stereocenters. The molecular weight excluding hydrogens is 390 g/mol. The summed E-state index contributed by atoms with van der Waals surface area (Å²) in [6.45, 7) is 3.00. The second-order valence-corrected chi connectivity index (χ2v) is 6.73. The Kier molecular flexibility index (Phi) is 5.45. The topological polar surface area (TPSA) is 21.3 Å². The molecule has 0 saturated carbocycles. The van der Waals surface area contributed by atoms with Crippen molar-refractivity contribution in [3.63, 3.8) is 0 Å². The maximum atomic E-state index is 5.49.